The average Bonchev–Trinajstić information content (AvgIpc) is 3.51. The van der Waals surface area contributed by atoms with Gasteiger partial charge in [-0.1, -0.05) is 54.1 Å². The van der Waals surface area contributed by atoms with Crippen LogP contribution in [0.25, 0.3) is 33.9 Å². The van der Waals surface area contributed by atoms with Gasteiger partial charge in [0, 0.05) is 27.7 Å². The lowest BCUT2D eigenvalue weighted by atomic mass is 10.2. The number of rotatable bonds is 5. The van der Waals surface area contributed by atoms with E-state index in [4.69, 9.17) is 4.74 Å². The molecule has 5 aromatic rings. The number of para-hydroxylation sites is 1. The third-order valence-electron chi connectivity index (χ3n) is 5.41. The quantitative estimate of drug-likeness (QED) is 0.373. The molecule has 3 aromatic heterocycles. The predicted octanol–water partition coefficient (Wildman–Crippen LogP) is 5.09. The van der Waals surface area contributed by atoms with Crippen LogP contribution >= 0.6 is 0 Å². The van der Waals surface area contributed by atoms with Crippen molar-refractivity contribution < 1.29 is 4.74 Å². The van der Waals surface area contributed by atoms with E-state index in [-0.39, 0.29) is 0 Å². The molecule has 0 aliphatic rings. The van der Waals surface area contributed by atoms with Crippen LogP contribution in [0, 0.1) is 0 Å². The molecular formula is C27H25N3O. The molecule has 0 aliphatic carbocycles. The van der Waals surface area contributed by atoms with E-state index in [1.54, 1.807) is 0 Å². The first-order chi connectivity index (χ1) is 15.2. The van der Waals surface area contributed by atoms with Crippen molar-refractivity contribution in [3.05, 3.63) is 101 Å². The highest BCUT2D eigenvalue weighted by Crippen LogP contribution is 2.30. The number of ether oxygens (including phenoxy) is 1. The van der Waals surface area contributed by atoms with Crippen molar-refractivity contribution in [3.8, 4) is 17.1 Å². The van der Waals surface area contributed by atoms with Crippen molar-refractivity contribution in [2.24, 2.45) is 0 Å². The van der Waals surface area contributed by atoms with Crippen LogP contribution in [0.4, 0.5) is 0 Å². The molecule has 2 aromatic carbocycles. The molecule has 0 saturated carbocycles. The van der Waals surface area contributed by atoms with Gasteiger partial charge in [0.1, 0.15) is 12.4 Å². The normalized spacial score (nSPS) is 11.9. The lowest BCUT2D eigenvalue weighted by molar-refractivity contribution is 0.306. The van der Waals surface area contributed by atoms with Crippen molar-refractivity contribution >= 4 is 22.6 Å². The summed E-state index contributed by atoms with van der Waals surface area (Å²) in [5.41, 5.74) is 6.48. The first-order valence-electron chi connectivity index (χ1n) is 10.5. The lowest BCUT2D eigenvalue weighted by Crippen LogP contribution is -2.11. The van der Waals surface area contributed by atoms with Gasteiger partial charge >= 0.3 is 0 Å². The second-order valence-electron chi connectivity index (χ2n) is 7.98. The van der Waals surface area contributed by atoms with Crippen LogP contribution in [0.3, 0.4) is 0 Å². The maximum atomic E-state index is 6.23. The molecule has 4 nitrogen and oxygen atoms in total. The van der Waals surface area contributed by atoms with Crippen molar-refractivity contribution in [3.63, 3.8) is 0 Å². The Kier molecular flexibility index (Phi) is 4.97. The zero-order valence-corrected chi connectivity index (χ0v) is 17.7. The van der Waals surface area contributed by atoms with Crippen LogP contribution in [0.5, 0.6) is 5.75 Å². The Labute approximate surface area is 180 Å². The van der Waals surface area contributed by atoms with Crippen LogP contribution in [-0.2, 0) is 6.61 Å². The Hall–Kier alpha value is -3.92. The topological polar surface area (TPSA) is 56.6 Å². The third kappa shape index (κ3) is 4.05. The summed E-state index contributed by atoms with van der Waals surface area (Å²) >= 11 is 0. The van der Waals surface area contributed by atoms with Gasteiger partial charge in [0.2, 0.25) is 0 Å². The van der Waals surface area contributed by atoms with Gasteiger partial charge < -0.3 is 19.7 Å². The van der Waals surface area contributed by atoms with Gasteiger partial charge in [-0.05, 0) is 49.8 Å². The van der Waals surface area contributed by atoms with Crippen LogP contribution in [0.1, 0.15) is 25.1 Å². The second kappa shape index (κ2) is 8.07. The zero-order valence-electron chi connectivity index (χ0n) is 17.7. The molecule has 3 N–H and O–H groups in total. The molecular weight excluding hydrogens is 382 g/mol. The highest BCUT2D eigenvalue weighted by Gasteiger charge is 2.12. The van der Waals surface area contributed by atoms with Crippen molar-refractivity contribution in [2.75, 3.05) is 0 Å². The number of hydrogen-bond donors (Lipinski definition) is 3. The van der Waals surface area contributed by atoms with Crippen molar-refractivity contribution in [2.45, 2.75) is 20.5 Å². The van der Waals surface area contributed by atoms with E-state index in [0.29, 0.717) is 6.61 Å². The molecule has 0 aliphatic heterocycles. The summed E-state index contributed by atoms with van der Waals surface area (Å²) in [5.74, 6) is 0.825. The van der Waals surface area contributed by atoms with Gasteiger partial charge in [-0.25, -0.2) is 0 Å². The molecule has 31 heavy (non-hydrogen) atoms. The van der Waals surface area contributed by atoms with E-state index in [9.17, 15) is 0 Å². The Morgan fingerprint density at radius 2 is 1.58 bits per heavy atom. The Balaban J connectivity index is 1.56. The fourth-order valence-corrected chi connectivity index (χ4v) is 3.72. The van der Waals surface area contributed by atoms with Crippen LogP contribution in [-0.4, -0.2) is 15.0 Å². The first-order valence-corrected chi connectivity index (χ1v) is 10.5. The van der Waals surface area contributed by atoms with Gasteiger partial charge in [-0.15, -0.1) is 0 Å². The molecule has 0 unspecified atom stereocenters. The highest BCUT2D eigenvalue weighted by atomic mass is 16.5. The summed E-state index contributed by atoms with van der Waals surface area (Å²) in [4.78, 5) is 10.5. The standard InChI is InChI=1S/C27H25N3O/c1-18(2)22-13-12-21(28-22)15-26-27(31-17-19-8-4-3-5-9-19)16-25(30-26)24-14-20-10-6-7-11-23(20)29-24/h3-16,28-30H,17H2,1-2H3. The fraction of sp³-hybridized carbons (Fsp3) is 0.111. The largest absolute Gasteiger partial charge is 0.487 e. The van der Waals surface area contributed by atoms with E-state index in [2.05, 4.69) is 89.5 Å². The van der Waals surface area contributed by atoms with Gasteiger partial charge in [-0.2, -0.15) is 0 Å². The minimum atomic E-state index is 0.517. The first kappa shape index (κ1) is 19.1. The number of aromatic amines is 3. The smallest absolute Gasteiger partial charge is 0.145 e. The number of aromatic nitrogens is 3. The maximum absolute atomic E-state index is 6.23. The number of nitrogens with one attached hydrogen (secondary N) is 3. The molecule has 0 amide bonds. The molecule has 5 rings (SSSR count). The molecule has 154 valence electrons. The van der Waals surface area contributed by atoms with Crippen LogP contribution in [0.15, 0.2) is 78.9 Å². The SMILES string of the molecule is CC(C)=c1ccc(=Cc2[nH]c(-c3cc4ccccc4[nH]3)cc2OCc2ccccc2)[nH]1. The van der Waals surface area contributed by atoms with Crippen LogP contribution < -0.4 is 15.4 Å². The number of H-pyrrole nitrogens is 3. The monoisotopic (exact) mass is 407 g/mol. The fourth-order valence-electron chi connectivity index (χ4n) is 3.72. The molecule has 0 fully saturated rings. The minimum absolute atomic E-state index is 0.517. The second-order valence-corrected chi connectivity index (χ2v) is 7.98. The average molecular weight is 408 g/mol. The van der Waals surface area contributed by atoms with Gasteiger partial charge in [0.15, 0.2) is 0 Å². The summed E-state index contributed by atoms with van der Waals surface area (Å²) in [6.45, 7) is 4.73. The summed E-state index contributed by atoms with van der Waals surface area (Å²) < 4.78 is 6.23. The Bertz CT molecular complexity index is 1410. The van der Waals surface area contributed by atoms with E-state index in [0.717, 1.165) is 44.6 Å². The molecule has 4 heteroatoms. The highest BCUT2D eigenvalue weighted by molar-refractivity contribution is 5.85. The number of fused-ring (bicyclic) bond motifs is 1. The summed E-state index contributed by atoms with van der Waals surface area (Å²) in [5, 5.41) is 3.36. The molecule has 0 spiro atoms. The number of hydrogen-bond acceptors (Lipinski definition) is 1. The molecule has 0 bridgehead atoms. The predicted molar refractivity (Wildman–Crippen MR) is 127 cm³/mol. The Morgan fingerprint density at radius 3 is 2.35 bits per heavy atom. The molecule has 0 atom stereocenters. The van der Waals surface area contributed by atoms with Crippen molar-refractivity contribution in [1.82, 2.24) is 15.0 Å². The summed E-state index contributed by atoms with van der Waals surface area (Å²) in [7, 11) is 0. The van der Waals surface area contributed by atoms with E-state index >= 15 is 0 Å². The van der Waals surface area contributed by atoms with Crippen molar-refractivity contribution in [1.29, 1.82) is 0 Å². The number of benzene rings is 2. The third-order valence-corrected chi connectivity index (χ3v) is 5.41. The molecule has 3 heterocycles. The molecule has 0 saturated heterocycles. The zero-order chi connectivity index (χ0) is 21.2. The van der Waals surface area contributed by atoms with Gasteiger partial charge in [0.05, 0.1) is 17.1 Å². The van der Waals surface area contributed by atoms with E-state index in [1.807, 2.05) is 24.3 Å². The van der Waals surface area contributed by atoms with Gasteiger partial charge in [-0.3, -0.25) is 0 Å². The van der Waals surface area contributed by atoms with E-state index in [1.165, 1.54) is 11.0 Å². The lowest BCUT2D eigenvalue weighted by Gasteiger charge is -2.05. The minimum Gasteiger partial charge on any atom is -0.487 e. The maximum Gasteiger partial charge on any atom is 0.145 e. The summed E-state index contributed by atoms with van der Waals surface area (Å²) in [6.07, 6.45) is 2.10. The van der Waals surface area contributed by atoms with Crippen LogP contribution in [0.2, 0.25) is 0 Å². The Morgan fingerprint density at radius 1 is 0.806 bits per heavy atom. The van der Waals surface area contributed by atoms with E-state index < -0.39 is 0 Å². The summed E-state index contributed by atoms with van der Waals surface area (Å²) in [6, 6.07) is 27.0. The molecule has 0 radical (unpaired) electrons. The van der Waals surface area contributed by atoms with Gasteiger partial charge in [0.25, 0.3) is 0 Å².